The second-order valence-electron chi connectivity index (χ2n) is 9.49. The van der Waals surface area contributed by atoms with Gasteiger partial charge in [0, 0.05) is 36.1 Å². The molecule has 0 saturated heterocycles. The summed E-state index contributed by atoms with van der Waals surface area (Å²) in [5.41, 5.74) is 11.0. The Morgan fingerprint density at radius 2 is 1.98 bits per heavy atom. The van der Waals surface area contributed by atoms with Crippen LogP contribution in [-0.2, 0) is 6.42 Å². The van der Waals surface area contributed by atoms with Crippen LogP contribution >= 0.6 is 0 Å². The molecule has 0 aromatic carbocycles. The molecular formula is C27H31N11O2. The van der Waals surface area contributed by atoms with Gasteiger partial charge in [-0.15, -0.1) is 10.2 Å². The third-order valence-corrected chi connectivity index (χ3v) is 6.92. The predicted octanol–water partition coefficient (Wildman–Crippen LogP) is 3.35. The summed E-state index contributed by atoms with van der Waals surface area (Å²) in [7, 11) is 0. The highest BCUT2D eigenvalue weighted by Crippen LogP contribution is 2.29. The maximum atomic E-state index is 13.2. The fourth-order valence-electron chi connectivity index (χ4n) is 4.96. The Bertz CT molecular complexity index is 1610. The van der Waals surface area contributed by atoms with Crippen LogP contribution in [0.3, 0.4) is 0 Å². The van der Waals surface area contributed by atoms with Gasteiger partial charge in [-0.2, -0.15) is 9.61 Å². The summed E-state index contributed by atoms with van der Waals surface area (Å²) >= 11 is 0. The van der Waals surface area contributed by atoms with Gasteiger partial charge in [-0.1, -0.05) is 19.9 Å². The van der Waals surface area contributed by atoms with Crippen LogP contribution in [0.5, 0.6) is 0 Å². The van der Waals surface area contributed by atoms with Crippen molar-refractivity contribution in [1.82, 2.24) is 49.6 Å². The Hall–Kier alpha value is -4.94. The standard InChI is InChI=1S/C27H31N11O2/c1-4-10-37(27(40)25-32-15-33-36-25)18(5-2)7-9-21-23(16(3)39)24(28)38-26(35-21)19(12-34-38)17-6-8-20(30-11-17)22-13-29-14-31-22/h6,8,11-15,18H,4-5,7,9-10,28H2,1-3H3,(H,29,31)(H,32,33,36)/t18-/m1/s1. The Labute approximate surface area is 230 Å². The van der Waals surface area contributed by atoms with Gasteiger partial charge >= 0.3 is 0 Å². The highest BCUT2D eigenvalue weighted by Gasteiger charge is 2.27. The minimum Gasteiger partial charge on any atom is -0.383 e. The van der Waals surface area contributed by atoms with E-state index in [1.54, 1.807) is 24.9 Å². The van der Waals surface area contributed by atoms with Crippen molar-refractivity contribution in [2.24, 2.45) is 0 Å². The third-order valence-electron chi connectivity index (χ3n) is 6.92. The van der Waals surface area contributed by atoms with Crippen molar-refractivity contribution in [2.75, 3.05) is 12.3 Å². The first-order valence-corrected chi connectivity index (χ1v) is 13.2. The van der Waals surface area contributed by atoms with E-state index in [0.717, 1.165) is 35.4 Å². The molecule has 0 saturated carbocycles. The van der Waals surface area contributed by atoms with E-state index >= 15 is 0 Å². The molecule has 206 valence electrons. The number of aryl methyl sites for hydroxylation is 1. The number of nitrogens with two attached hydrogens (primary N) is 1. The maximum absolute atomic E-state index is 13.2. The molecule has 0 fully saturated rings. The molecule has 0 unspecified atom stereocenters. The molecule has 13 nitrogen and oxygen atoms in total. The maximum Gasteiger partial charge on any atom is 0.291 e. The quantitative estimate of drug-likeness (QED) is 0.212. The predicted molar refractivity (Wildman–Crippen MR) is 148 cm³/mol. The van der Waals surface area contributed by atoms with Crippen LogP contribution in [0.25, 0.3) is 28.2 Å². The van der Waals surface area contributed by atoms with Crippen LogP contribution in [0.4, 0.5) is 5.82 Å². The van der Waals surface area contributed by atoms with Gasteiger partial charge in [-0.05, 0) is 38.7 Å². The van der Waals surface area contributed by atoms with Crippen LogP contribution in [-0.4, -0.2) is 73.9 Å². The smallest absolute Gasteiger partial charge is 0.291 e. The fraction of sp³-hybridized carbons (Fsp3) is 0.333. The second-order valence-corrected chi connectivity index (χ2v) is 9.49. The van der Waals surface area contributed by atoms with Gasteiger partial charge in [0.2, 0.25) is 5.82 Å². The Morgan fingerprint density at radius 1 is 1.12 bits per heavy atom. The van der Waals surface area contributed by atoms with E-state index in [-0.39, 0.29) is 29.4 Å². The number of anilines is 1. The van der Waals surface area contributed by atoms with Gasteiger partial charge in [-0.25, -0.2) is 9.97 Å². The van der Waals surface area contributed by atoms with E-state index in [2.05, 4.69) is 35.2 Å². The van der Waals surface area contributed by atoms with Crippen molar-refractivity contribution in [2.45, 2.75) is 52.5 Å². The highest BCUT2D eigenvalue weighted by atomic mass is 16.2. The lowest BCUT2D eigenvalue weighted by Crippen LogP contribution is -2.41. The number of ketones is 1. The SMILES string of the molecule is CCCN(C(=O)c1nnc[nH]1)[C@H](CC)CCc1nc2c(-c3ccc(-c4c[nH]cn4)nc3)cnn2c(N)c1C(C)=O. The molecule has 0 spiro atoms. The third kappa shape index (κ3) is 5.05. The number of fused-ring (bicyclic) bond motifs is 1. The number of hydrogen-bond donors (Lipinski definition) is 3. The first-order valence-electron chi connectivity index (χ1n) is 13.2. The van der Waals surface area contributed by atoms with Gasteiger partial charge in [0.05, 0.1) is 29.5 Å². The van der Waals surface area contributed by atoms with Gasteiger partial charge in [0.1, 0.15) is 17.8 Å². The monoisotopic (exact) mass is 541 g/mol. The molecule has 0 aliphatic heterocycles. The molecule has 1 amide bonds. The Morgan fingerprint density at radius 3 is 2.60 bits per heavy atom. The number of aromatic amines is 2. The summed E-state index contributed by atoms with van der Waals surface area (Å²) in [4.78, 5) is 47.1. The molecule has 0 bridgehead atoms. The number of pyridine rings is 1. The van der Waals surface area contributed by atoms with E-state index in [4.69, 9.17) is 10.7 Å². The Balaban J connectivity index is 1.47. The topological polar surface area (TPSA) is 177 Å². The van der Waals surface area contributed by atoms with E-state index in [1.165, 1.54) is 17.8 Å². The number of rotatable bonds is 11. The largest absolute Gasteiger partial charge is 0.383 e. The summed E-state index contributed by atoms with van der Waals surface area (Å²) in [5.74, 6) is 0.0388. The lowest BCUT2D eigenvalue weighted by Gasteiger charge is -2.30. The zero-order chi connectivity index (χ0) is 28.2. The molecule has 40 heavy (non-hydrogen) atoms. The number of carbonyl (C=O) groups excluding carboxylic acids is 2. The number of hydrogen-bond acceptors (Lipinski definition) is 9. The van der Waals surface area contributed by atoms with E-state index < -0.39 is 0 Å². The van der Waals surface area contributed by atoms with Gasteiger partial charge in [0.15, 0.2) is 11.4 Å². The first-order chi connectivity index (χ1) is 19.4. The van der Waals surface area contributed by atoms with Crippen molar-refractivity contribution >= 4 is 23.2 Å². The number of nitrogen functional groups attached to an aromatic ring is 1. The van der Waals surface area contributed by atoms with Crippen LogP contribution in [0.1, 0.15) is 66.7 Å². The van der Waals surface area contributed by atoms with Gasteiger partial charge < -0.3 is 20.6 Å². The molecule has 5 heterocycles. The van der Waals surface area contributed by atoms with Crippen molar-refractivity contribution in [1.29, 1.82) is 0 Å². The molecule has 0 aliphatic carbocycles. The molecule has 13 heteroatoms. The summed E-state index contributed by atoms with van der Waals surface area (Å²) < 4.78 is 1.49. The summed E-state index contributed by atoms with van der Waals surface area (Å²) in [6, 6.07) is 3.71. The second kappa shape index (κ2) is 11.4. The first kappa shape index (κ1) is 26.7. The zero-order valence-corrected chi connectivity index (χ0v) is 22.6. The highest BCUT2D eigenvalue weighted by molar-refractivity contribution is 6.00. The number of Topliss-reactive ketones (excluding diaryl/α,β-unsaturated/α-hetero) is 1. The number of amides is 1. The minimum absolute atomic E-state index is 0.0974. The van der Waals surface area contributed by atoms with Crippen molar-refractivity contribution in [3.05, 3.63) is 60.5 Å². The molecule has 5 aromatic heterocycles. The molecule has 5 rings (SSSR count). The number of H-pyrrole nitrogens is 2. The Kier molecular flexibility index (Phi) is 7.62. The molecule has 1 atom stereocenters. The number of imidazole rings is 1. The minimum atomic E-state index is -0.204. The number of nitrogens with zero attached hydrogens (tertiary/aromatic N) is 8. The number of nitrogens with one attached hydrogen (secondary N) is 2. The van der Waals surface area contributed by atoms with E-state index in [0.29, 0.717) is 36.3 Å². The average molecular weight is 542 g/mol. The normalized spacial score (nSPS) is 12.1. The molecule has 0 radical (unpaired) electrons. The molecule has 5 aromatic rings. The van der Waals surface area contributed by atoms with Gasteiger partial charge in [0.25, 0.3) is 5.91 Å². The van der Waals surface area contributed by atoms with Gasteiger partial charge in [-0.3, -0.25) is 14.6 Å². The van der Waals surface area contributed by atoms with Crippen LogP contribution in [0, 0.1) is 0 Å². The fourth-order valence-corrected chi connectivity index (χ4v) is 4.96. The zero-order valence-electron chi connectivity index (χ0n) is 22.6. The lowest BCUT2D eigenvalue weighted by molar-refractivity contribution is 0.0650. The lowest BCUT2D eigenvalue weighted by atomic mass is 10.0. The number of aromatic nitrogens is 9. The molecular weight excluding hydrogens is 510 g/mol. The van der Waals surface area contributed by atoms with Crippen LogP contribution < -0.4 is 5.73 Å². The van der Waals surface area contributed by atoms with Crippen LogP contribution in [0.15, 0.2) is 43.4 Å². The number of carbonyl (C=O) groups is 2. The average Bonchev–Trinajstić information content (AvgIpc) is 3.74. The summed E-state index contributed by atoms with van der Waals surface area (Å²) in [6.45, 7) is 6.10. The van der Waals surface area contributed by atoms with Crippen LogP contribution in [0.2, 0.25) is 0 Å². The molecule has 4 N–H and O–H groups in total. The van der Waals surface area contributed by atoms with Crippen molar-refractivity contribution < 1.29 is 9.59 Å². The van der Waals surface area contributed by atoms with Crippen molar-refractivity contribution in [3.8, 4) is 22.5 Å². The summed E-state index contributed by atoms with van der Waals surface area (Å²) in [6.07, 6.45) is 10.7. The van der Waals surface area contributed by atoms with E-state index in [1.807, 2.05) is 30.9 Å². The summed E-state index contributed by atoms with van der Waals surface area (Å²) in [5, 5.41) is 12.1. The van der Waals surface area contributed by atoms with E-state index in [9.17, 15) is 9.59 Å². The van der Waals surface area contributed by atoms with Crippen molar-refractivity contribution in [3.63, 3.8) is 0 Å². The molecule has 0 aliphatic rings.